The van der Waals surface area contributed by atoms with E-state index in [4.69, 9.17) is 9.47 Å². The van der Waals surface area contributed by atoms with E-state index in [1.54, 1.807) is 62.8 Å². The first-order valence-corrected chi connectivity index (χ1v) is 7.59. The van der Waals surface area contributed by atoms with Gasteiger partial charge in [-0.15, -0.1) is 5.01 Å². The molecule has 25 heavy (non-hydrogen) atoms. The van der Waals surface area contributed by atoms with E-state index in [1.807, 2.05) is 0 Å². The van der Waals surface area contributed by atoms with Crippen LogP contribution in [0.5, 0.6) is 11.5 Å². The fraction of sp³-hybridized carbons (Fsp3) is 0.167. The molecule has 1 saturated heterocycles. The number of carbonyl (C=O) groups excluding carboxylic acids is 2. The quantitative estimate of drug-likeness (QED) is 0.670. The van der Waals surface area contributed by atoms with Crippen LogP contribution in [0.25, 0.3) is 0 Å². The van der Waals surface area contributed by atoms with Crippen LogP contribution in [0, 0.1) is 0 Å². The summed E-state index contributed by atoms with van der Waals surface area (Å²) in [5, 5.41) is 7.46. The van der Waals surface area contributed by atoms with Crippen molar-refractivity contribution >= 4 is 18.2 Å². The zero-order valence-electron chi connectivity index (χ0n) is 13.8. The fourth-order valence-electron chi connectivity index (χ4n) is 2.41. The van der Waals surface area contributed by atoms with Gasteiger partial charge >= 0.3 is 6.03 Å². The highest BCUT2D eigenvalue weighted by Crippen LogP contribution is 2.24. The molecule has 1 N–H and O–H groups in total. The van der Waals surface area contributed by atoms with Crippen molar-refractivity contribution in [1.29, 1.82) is 0 Å². The molecule has 7 nitrogen and oxygen atoms in total. The summed E-state index contributed by atoms with van der Waals surface area (Å²) >= 11 is 0. The molecule has 128 valence electrons. The number of methoxy groups -OCH3 is 2. The minimum Gasteiger partial charge on any atom is -0.497 e. The van der Waals surface area contributed by atoms with Crippen LogP contribution in [0.4, 0.5) is 4.79 Å². The molecule has 1 heterocycles. The third kappa shape index (κ3) is 3.45. The monoisotopic (exact) mass is 339 g/mol. The summed E-state index contributed by atoms with van der Waals surface area (Å²) in [5.74, 6) is 0.960. The number of carbonyl (C=O) groups is 2. The molecule has 0 spiro atoms. The number of ether oxygens (including phenoxy) is 2. The van der Waals surface area contributed by atoms with Crippen molar-refractivity contribution in [3.63, 3.8) is 0 Å². The Morgan fingerprint density at radius 2 is 1.52 bits per heavy atom. The maximum Gasteiger partial charge on any atom is 0.346 e. The molecule has 0 saturated carbocycles. The summed E-state index contributed by atoms with van der Waals surface area (Å²) in [6.45, 7) is 0. The van der Waals surface area contributed by atoms with Crippen LogP contribution in [0.2, 0.25) is 0 Å². The number of amides is 3. The predicted octanol–water partition coefficient (Wildman–Crippen LogP) is 2.33. The molecule has 1 aliphatic heterocycles. The molecule has 1 aliphatic rings. The summed E-state index contributed by atoms with van der Waals surface area (Å²) in [4.78, 5) is 24.5. The molecular formula is C18H17N3O4. The Balaban J connectivity index is 1.74. The van der Waals surface area contributed by atoms with Crippen LogP contribution in [0.1, 0.15) is 17.2 Å². The number of nitrogens with one attached hydrogen (secondary N) is 1. The number of hydrogen-bond acceptors (Lipinski definition) is 5. The SMILES string of the molecule is COc1ccc(C=NN2C(=O)NC(c3ccc(OC)cc3)C2=O)cc1. The van der Waals surface area contributed by atoms with Gasteiger partial charge in [0.15, 0.2) is 0 Å². The van der Waals surface area contributed by atoms with Crippen molar-refractivity contribution in [1.82, 2.24) is 10.3 Å². The molecule has 2 aromatic carbocycles. The van der Waals surface area contributed by atoms with Crippen LogP contribution in [-0.2, 0) is 4.79 Å². The first kappa shape index (κ1) is 16.5. The van der Waals surface area contributed by atoms with Crippen molar-refractivity contribution in [3.05, 3.63) is 59.7 Å². The topological polar surface area (TPSA) is 80.2 Å². The summed E-state index contributed by atoms with van der Waals surface area (Å²) in [6.07, 6.45) is 1.45. The average Bonchev–Trinajstić information content (AvgIpc) is 2.94. The number of rotatable bonds is 5. The number of hydrogen-bond donors (Lipinski definition) is 1. The molecule has 3 amide bonds. The van der Waals surface area contributed by atoms with Gasteiger partial charge in [0, 0.05) is 0 Å². The minimum atomic E-state index is -0.758. The van der Waals surface area contributed by atoms with Crippen LogP contribution in [-0.4, -0.2) is 37.4 Å². The summed E-state index contributed by atoms with van der Waals surface area (Å²) in [6, 6.07) is 12.7. The lowest BCUT2D eigenvalue weighted by Crippen LogP contribution is -2.25. The summed E-state index contributed by atoms with van der Waals surface area (Å²) < 4.78 is 10.2. The molecule has 0 aromatic heterocycles. The lowest BCUT2D eigenvalue weighted by Gasteiger charge is -2.09. The van der Waals surface area contributed by atoms with Gasteiger partial charge in [0.2, 0.25) is 0 Å². The van der Waals surface area contributed by atoms with E-state index in [9.17, 15) is 9.59 Å². The number of benzene rings is 2. The first-order valence-electron chi connectivity index (χ1n) is 7.59. The van der Waals surface area contributed by atoms with Gasteiger partial charge in [-0.2, -0.15) is 5.10 Å². The van der Waals surface area contributed by atoms with Gasteiger partial charge in [-0.3, -0.25) is 4.79 Å². The third-order valence-corrected chi connectivity index (χ3v) is 3.80. The summed E-state index contributed by atoms with van der Waals surface area (Å²) in [5.41, 5.74) is 1.41. The van der Waals surface area contributed by atoms with Gasteiger partial charge in [0.25, 0.3) is 5.91 Å². The predicted molar refractivity (Wildman–Crippen MR) is 91.7 cm³/mol. The third-order valence-electron chi connectivity index (χ3n) is 3.80. The van der Waals surface area contributed by atoms with Gasteiger partial charge < -0.3 is 14.8 Å². The maximum absolute atomic E-state index is 12.5. The highest BCUT2D eigenvalue weighted by molar-refractivity contribution is 6.05. The smallest absolute Gasteiger partial charge is 0.346 e. The Morgan fingerprint density at radius 1 is 0.960 bits per heavy atom. The van der Waals surface area contributed by atoms with Gasteiger partial charge in [0.1, 0.15) is 17.5 Å². The standard InChI is InChI=1S/C18H17N3O4/c1-24-14-7-3-12(4-8-14)11-19-21-17(22)16(20-18(21)23)13-5-9-15(25-2)10-6-13/h3-11,16H,1-2H3,(H,20,23). The number of nitrogens with zero attached hydrogens (tertiary/aromatic N) is 2. The van der Waals surface area contributed by atoms with Crippen molar-refractivity contribution in [2.24, 2.45) is 5.10 Å². The summed E-state index contributed by atoms with van der Waals surface area (Å²) in [7, 11) is 3.14. The van der Waals surface area contributed by atoms with Crippen LogP contribution in [0.3, 0.4) is 0 Å². The Kier molecular flexibility index (Phi) is 4.65. The van der Waals surface area contributed by atoms with Crippen molar-refractivity contribution in [2.45, 2.75) is 6.04 Å². The largest absolute Gasteiger partial charge is 0.497 e. The van der Waals surface area contributed by atoms with Crippen molar-refractivity contribution < 1.29 is 19.1 Å². The van der Waals surface area contributed by atoms with Crippen LogP contribution in [0.15, 0.2) is 53.6 Å². The molecule has 2 aromatic rings. The maximum atomic E-state index is 12.5. The van der Waals surface area contributed by atoms with E-state index in [2.05, 4.69) is 10.4 Å². The zero-order valence-corrected chi connectivity index (χ0v) is 13.8. The minimum absolute atomic E-state index is 0.431. The second-order valence-corrected chi connectivity index (χ2v) is 5.32. The van der Waals surface area contributed by atoms with E-state index in [1.165, 1.54) is 6.21 Å². The lowest BCUT2D eigenvalue weighted by atomic mass is 10.1. The van der Waals surface area contributed by atoms with E-state index in [-0.39, 0.29) is 0 Å². The molecule has 0 radical (unpaired) electrons. The normalized spacial score (nSPS) is 17.0. The van der Waals surface area contributed by atoms with Crippen LogP contribution < -0.4 is 14.8 Å². The van der Waals surface area contributed by atoms with Crippen molar-refractivity contribution in [2.75, 3.05) is 14.2 Å². The van der Waals surface area contributed by atoms with E-state index in [0.717, 1.165) is 10.6 Å². The molecule has 1 atom stereocenters. The van der Waals surface area contributed by atoms with Gasteiger partial charge in [-0.05, 0) is 47.5 Å². The number of hydrazone groups is 1. The fourth-order valence-corrected chi connectivity index (χ4v) is 2.41. The van der Waals surface area contributed by atoms with E-state index >= 15 is 0 Å². The average molecular weight is 339 g/mol. The Bertz CT molecular complexity index is 800. The second-order valence-electron chi connectivity index (χ2n) is 5.32. The highest BCUT2D eigenvalue weighted by Gasteiger charge is 2.39. The van der Waals surface area contributed by atoms with Gasteiger partial charge in [-0.1, -0.05) is 12.1 Å². The Labute approximate surface area is 144 Å². The van der Waals surface area contributed by atoms with Crippen molar-refractivity contribution in [3.8, 4) is 11.5 Å². The molecule has 1 unspecified atom stereocenters. The zero-order chi connectivity index (χ0) is 17.8. The molecule has 0 aliphatic carbocycles. The number of imide groups is 1. The van der Waals surface area contributed by atoms with Crippen LogP contribution >= 0.6 is 0 Å². The molecule has 7 heteroatoms. The second kappa shape index (κ2) is 7.04. The molecule has 3 rings (SSSR count). The molecule has 1 fully saturated rings. The molecular weight excluding hydrogens is 322 g/mol. The van der Waals surface area contributed by atoms with E-state index < -0.39 is 18.0 Å². The lowest BCUT2D eigenvalue weighted by molar-refractivity contribution is -0.127. The molecule has 0 bridgehead atoms. The van der Waals surface area contributed by atoms with Gasteiger partial charge in [0.05, 0.1) is 20.4 Å². The Morgan fingerprint density at radius 3 is 2.08 bits per heavy atom. The Hall–Kier alpha value is -3.35. The number of urea groups is 1. The first-order chi connectivity index (χ1) is 12.1. The highest BCUT2D eigenvalue weighted by atomic mass is 16.5. The van der Waals surface area contributed by atoms with E-state index in [0.29, 0.717) is 17.1 Å². The van der Waals surface area contributed by atoms with Gasteiger partial charge in [-0.25, -0.2) is 4.79 Å².